The van der Waals surface area contributed by atoms with Crippen molar-refractivity contribution >= 4 is 11.9 Å². The van der Waals surface area contributed by atoms with Crippen molar-refractivity contribution in [2.24, 2.45) is 0 Å². The molecule has 3 rings (SSSR count). The average molecular weight is 371 g/mol. The van der Waals surface area contributed by atoms with Crippen LogP contribution in [0.15, 0.2) is 54.6 Å². The van der Waals surface area contributed by atoms with E-state index in [2.05, 4.69) is 0 Å². The van der Waals surface area contributed by atoms with Crippen LogP contribution in [0, 0.1) is 0 Å². The molecule has 3 atom stereocenters. The summed E-state index contributed by atoms with van der Waals surface area (Å²) < 4.78 is 10.4. The monoisotopic (exact) mass is 371 g/mol. The zero-order valence-corrected chi connectivity index (χ0v) is 14.8. The Morgan fingerprint density at radius 3 is 2.41 bits per heavy atom. The van der Waals surface area contributed by atoms with Gasteiger partial charge in [-0.3, -0.25) is 4.79 Å². The van der Waals surface area contributed by atoms with Crippen molar-refractivity contribution in [3.8, 4) is 11.1 Å². The summed E-state index contributed by atoms with van der Waals surface area (Å²) in [5.74, 6) is -2.09. The van der Waals surface area contributed by atoms with Gasteiger partial charge in [-0.25, -0.2) is 4.79 Å². The molecule has 0 aliphatic carbocycles. The molecule has 7 heteroatoms. The molecule has 1 unspecified atom stereocenters. The standard InChI is InChI=1S/C20H21NO6/c1-26-16-12-21(19(23)18(27-16)17(22)20(24)25)11-13-7-9-15(10-8-13)14-5-3-2-4-6-14/h2-10,16-18,22H,11-12H2,1H3,(H,24,25)/t16?,17-,18+/m1/s1. The minimum absolute atomic E-state index is 0.151. The van der Waals surface area contributed by atoms with E-state index in [-0.39, 0.29) is 13.1 Å². The second kappa shape index (κ2) is 8.30. The Morgan fingerprint density at radius 2 is 1.81 bits per heavy atom. The van der Waals surface area contributed by atoms with Crippen molar-refractivity contribution < 1.29 is 29.3 Å². The Balaban J connectivity index is 1.75. The summed E-state index contributed by atoms with van der Waals surface area (Å²) in [5, 5.41) is 18.7. The maximum atomic E-state index is 12.5. The Bertz CT molecular complexity index is 792. The van der Waals surface area contributed by atoms with Crippen molar-refractivity contribution in [3.63, 3.8) is 0 Å². The first-order chi connectivity index (χ1) is 13.0. The predicted molar refractivity (Wildman–Crippen MR) is 96.6 cm³/mol. The molecular weight excluding hydrogens is 350 g/mol. The molecule has 2 aromatic rings. The molecule has 0 radical (unpaired) electrons. The number of hydrogen-bond acceptors (Lipinski definition) is 5. The Morgan fingerprint density at radius 1 is 1.19 bits per heavy atom. The summed E-state index contributed by atoms with van der Waals surface area (Å²) >= 11 is 0. The summed E-state index contributed by atoms with van der Waals surface area (Å²) in [4.78, 5) is 25.0. The number of methoxy groups -OCH3 is 1. The third kappa shape index (κ3) is 4.33. The Kier molecular flexibility index (Phi) is 5.85. The second-order valence-electron chi connectivity index (χ2n) is 6.29. The molecule has 0 spiro atoms. The fourth-order valence-electron chi connectivity index (χ4n) is 2.98. The molecule has 0 saturated carbocycles. The fraction of sp³-hybridized carbons (Fsp3) is 0.300. The van der Waals surface area contributed by atoms with Crippen LogP contribution in [-0.4, -0.2) is 59.1 Å². The SMILES string of the molecule is COC1CN(Cc2ccc(-c3ccccc3)cc2)C(=O)[C@H]([C@@H](O)C(=O)O)O1. The van der Waals surface area contributed by atoms with Gasteiger partial charge in [0.05, 0.1) is 6.54 Å². The van der Waals surface area contributed by atoms with Crippen LogP contribution >= 0.6 is 0 Å². The lowest BCUT2D eigenvalue weighted by molar-refractivity contribution is -0.223. The van der Waals surface area contributed by atoms with Gasteiger partial charge in [0.15, 0.2) is 18.5 Å². The number of amides is 1. The number of carbonyl (C=O) groups is 2. The largest absolute Gasteiger partial charge is 0.479 e. The number of ether oxygens (including phenoxy) is 2. The summed E-state index contributed by atoms with van der Waals surface area (Å²) in [5.41, 5.74) is 3.03. The number of carboxylic acid groups (broad SMARTS) is 1. The highest BCUT2D eigenvalue weighted by Gasteiger charge is 2.42. The molecule has 7 nitrogen and oxygen atoms in total. The predicted octanol–water partition coefficient (Wildman–Crippen LogP) is 1.50. The number of aliphatic hydroxyl groups excluding tert-OH is 1. The lowest BCUT2D eigenvalue weighted by Gasteiger charge is -2.37. The molecular formula is C20H21NO6. The van der Waals surface area contributed by atoms with Gasteiger partial charge in [0.25, 0.3) is 5.91 Å². The number of nitrogens with zero attached hydrogens (tertiary/aromatic N) is 1. The van der Waals surface area contributed by atoms with Crippen molar-refractivity contribution in [1.29, 1.82) is 0 Å². The third-order valence-corrected chi connectivity index (χ3v) is 4.46. The zero-order chi connectivity index (χ0) is 19.4. The van der Waals surface area contributed by atoms with E-state index in [1.807, 2.05) is 54.6 Å². The number of benzene rings is 2. The number of carbonyl (C=O) groups excluding carboxylic acids is 1. The van der Waals surface area contributed by atoms with Crippen LogP contribution in [0.2, 0.25) is 0 Å². The Labute approximate surface area is 156 Å². The van der Waals surface area contributed by atoms with Gasteiger partial charge < -0.3 is 24.6 Å². The number of aliphatic hydroxyl groups is 1. The maximum absolute atomic E-state index is 12.5. The number of morpholine rings is 1. The average Bonchev–Trinajstić information content (AvgIpc) is 2.70. The summed E-state index contributed by atoms with van der Waals surface area (Å²) in [6.07, 6.45) is -4.24. The quantitative estimate of drug-likeness (QED) is 0.799. The van der Waals surface area contributed by atoms with E-state index in [4.69, 9.17) is 14.6 Å². The number of aliphatic carboxylic acids is 1. The molecule has 0 aromatic heterocycles. The summed E-state index contributed by atoms with van der Waals surface area (Å²) in [6, 6.07) is 17.7. The van der Waals surface area contributed by atoms with Crippen LogP contribution in [0.1, 0.15) is 5.56 Å². The van der Waals surface area contributed by atoms with Gasteiger partial charge >= 0.3 is 5.97 Å². The van der Waals surface area contributed by atoms with Gasteiger partial charge in [-0.1, -0.05) is 54.6 Å². The molecule has 142 valence electrons. The molecule has 1 heterocycles. The van der Waals surface area contributed by atoms with Crippen LogP contribution in [0.5, 0.6) is 0 Å². The lowest BCUT2D eigenvalue weighted by Crippen LogP contribution is -2.57. The van der Waals surface area contributed by atoms with Crippen LogP contribution in [0.25, 0.3) is 11.1 Å². The highest BCUT2D eigenvalue weighted by atomic mass is 16.7. The van der Waals surface area contributed by atoms with Crippen molar-refractivity contribution in [3.05, 3.63) is 60.2 Å². The van der Waals surface area contributed by atoms with Gasteiger partial charge in [0.1, 0.15) is 0 Å². The lowest BCUT2D eigenvalue weighted by atomic mass is 10.0. The van der Waals surface area contributed by atoms with Crippen LogP contribution in [0.4, 0.5) is 0 Å². The maximum Gasteiger partial charge on any atom is 0.335 e. The minimum atomic E-state index is -1.95. The van der Waals surface area contributed by atoms with E-state index >= 15 is 0 Å². The molecule has 1 aliphatic heterocycles. The van der Waals surface area contributed by atoms with Gasteiger partial charge in [-0.05, 0) is 16.7 Å². The van der Waals surface area contributed by atoms with E-state index in [1.54, 1.807) is 0 Å². The van der Waals surface area contributed by atoms with Gasteiger partial charge in [0.2, 0.25) is 0 Å². The first-order valence-electron chi connectivity index (χ1n) is 8.52. The van der Waals surface area contributed by atoms with E-state index in [0.29, 0.717) is 0 Å². The molecule has 1 saturated heterocycles. The van der Waals surface area contributed by atoms with Crippen LogP contribution in [0.3, 0.4) is 0 Å². The molecule has 0 bridgehead atoms. The van der Waals surface area contributed by atoms with Gasteiger partial charge in [-0.2, -0.15) is 0 Å². The van der Waals surface area contributed by atoms with Gasteiger partial charge in [0, 0.05) is 13.7 Å². The topological polar surface area (TPSA) is 96.3 Å². The normalized spacial score (nSPS) is 21.1. The third-order valence-electron chi connectivity index (χ3n) is 4.46. The summed E-state index contributed by atoms with van der Waals surface area (Å²) in [7, 11) is 1.40. The number of rotatable bonds is 6. The minimum Gasteiger partial charge on any atom is -0.479 e. The van der Waals surface area contributed by atoms with E-state index in [0.717, 1.165) is 16.7 Å². The molecule has 1 amide bonds. The molecule has 2 aromatic carbocycles. The smallest absolute Gasteiger partial charge is 0.335 e. The summed E-state index contributed by atoms with van der Waals surface area (Å²) in [6.45, 7) is 0.415. The highest BCUT2D eigenvalue weighted by Crippen LogP contribution is 2.22. The number of hydrogen-bond donors (Lipinski definition) is 2. The van der Waals surface area contributed by atoms with E-state index < -0.39 is 30.4 Å². The molecule has 1 fully saturated rings. The van der Waals surface area contributed by atoms with Crippen molar-refractivity contribution in [2.45, 2.75) is 25.0 Å². The zero-order valence-electron chi connectivity index (χ0n) is 14.8. The molecule has 1 aliphatic rings. The highest BCUT2D eigenvalue weighted by molar-refractivity contribution is 5.88. The molecule has 27 heavy (non-hydrogen) atoms. The fourth-order valence-corrected chi connectivity index (χ4v) is 2.98. The van der Waals surface area contributed by atoms with Gasteiger partial charge in [-0.15, -0.1) is 0 Å². The second-order valence-corrected chi connectivity index (χ2v) is 6.29. The Hall–Kier alpha value is -2.74. The van der Waals surface area contributed by atoms with E-state index in [9.17, 15) is 14.7 Å². The van der Waals surface area contributed by atoms with Crippen LogP contribution in [-0.2, 0) is 25.6 Å². The molecule has 2 N–H and O–H groups in total. The van der Waals surface area contributed by atoms with Crippen molar-refractivity contribution in [2.75, 3.05) is 13.7 Å². The van der Waals surface area contributed by atoms with Crippen LogP contribution < -0.4 is 0 Å². The first kappa shape index (κ1) is 19.0. The number of carboxylic acids is 1. The van der Waals surface area contributed by atoms with E-state index in [1.165, 1.54) is 12.0 Å². The first-order valence-corrected chi connectivity index (χ1v) is 8.52. The van der Waals surface area contributed by atoms with Crippen molar-refractivity contribution in [1.82, 2.24) is 4.90 Å².